The van der Waals surface area contributed by atoms with Crippen LogP contribution in [-0.4, -0.2) is 33.2 Å². The second-order valence-electron chi connectivity index (χ2n) is 6.17. The molecule has 1 N–H and O–H groups in total. The van der Waals surface area contributed by atoms with Crippen LogP contribution in [0.2, 0.25) is 0 Å². The highest BCUT2D eigenvalue weighted by Gasteiger charge is 2.23. The van der Waals surface area contributed by atoms with E-state index in [9.17, 15) is 19.7 Å². The molecular formula is C19H18N4O5. The Hall–Kier alpha value is -3.75. The third kappa shape index (κ3) is 3.98. The standard InChI is InChI=1S/C19H18N4O5/c1-12-19(23(26)27)13(2)22(21-12)10-18(25)28-11-17(24)20-16-9-5-7-14-6-3-4-8-15(14)16/h3-9H,10-11H2,1-2H3,(H,20,24). The fourth-order valence-corrected chi connectivity index (χ4v) is 2.94. The number of ether oxygens (including phenoxy) is 1. The normalized spacial score (nSPS) is 10.6. The van der Waals surface area contributed by atoms with Crippen molar-refractivity contribution in [2.45, 2.75) is 20.4 Å². The molecule has 0 saturated heterocycles. The van der Waals surface area contributed by atoms with Crippen molar-refractivity contribution in [2.24, 2.45) is 0 Å². The number of rotatable bonds is 6. The summed E-state index contributed by atoms with van der Waals surface area (Å²) >= 11 is 0. The van der Waals surface area contributed by atoms with Crippen LogP contribution in [0.3, 0.4) is 0 Å². The van der Waals surface area contributed by atoms with Crippen LogP contribution in [0.1, 0.15) is 11.4 Å². The Morgan fingerprint density at radius 2 is 1.89 bits per heavy atom. The number of carbonyl (C=O) groups is 2. The molecule has 0 bridgehead atoms. The van der Waals surface area contributed by atoms with Crippen LogP contribution in [-0.2, 0) is 20.9 Å². The molecule has 0 atom stereocenters. The van der Waals surface area contributed by atoms with Crippen molar-refractivity contribution in [1.82, 2.24) is 9.78 Å². The second kappa shape index (κ2) is 7.87. The number of nitrogens with one attached hydrogen (secondary N) is 1. The first-order valence-corrected chi connectivity index (χ1v) is 8.48. The molecule has 1 amide bonds. The maximum atomic E-state index is 12.1. The van der Waals surface area contributed by atoms with Crippen LogP contribution in [0, 0.1) is 24.0 Å². The van der Waals surface area contributed by atoms with Gasteiger partial charge in [0.05, 0.1) is 4.92 Å². The molecule has 0 aliphatic rings. The number of esters is 1. The number of amides is 1. The highest BCUT2D eigenvalue weighted by atomic mass is 16.6. The highest BCUT2D eigenvalue weighted by molar-refractivity contribution is 6.02. The van der Waals surface area contributed by atoms with Crippen molar-refractivity contribution in [1.29, 1.82) is 0 Å². The largest absolute Gasteiger partial charge is 0.454 e. The van der Waals surface area contributed by atoms with E-state index in [1.54, 1.807) is 6.07 Å². The molecule has 0 aliphatic heterocycles. The lowest BCUT2D eigenvalue weighted by molar-refractivity contribution is -0.386. The number of fused-ring (bicyclic) bond motifs is 1. The maximum absolute atomic E-state index is 12.1. The summed E-state index contributed by atoms with van der Waals surface area (Å²) in [6, 6.07) is 13.1. The summed E-state index contributed by atoms with van der Waals surface area (Å²) in [6.45, 7) is 2.20. The number of aromatic nitrogens is 2. The molecule has 3 aromatic rings. The van der Waals surface area contributed by atoms with E-state index in [0.29, 0.717) is 5.69 Å². The smallest absolute Gasteiger partial charge is 0.328 e. The monoisotopic (exact) mass is 382 g/mol. The number of nitro groups is 1. The van der Waals surface area contributed by atoms with Gasteiger partial charge in [-0.25, -0.2) is 0 Å². The van der Waals surface area contributed by atoms with Crippen LogP contribution in [0.25, 0.3) is 10.8 Å². The zero-order chi connectivity index (χ0) is 20.3. The minimum atomic E-state index is -0.714. The number of hydrogen-bond acceptors (Lipinski definition) is 6. The first-order chi connectivity index (χ1) is 13.4. The lowest BCUT2D eigenvalue weighted by atomic mass is 10.1. The highest BCUT2D eigenvalue weighted by Crippen LogP contribution is 2.23. The third-order valence-corrected chi connectivity index (χ3v) is 4.23. The average Bonchev–Trinajstić information content (AvgIpc) is 2.93. The van der Waals surface area contributed by atoms with Gasteiger partial charge in [0, 0.05) is 11.1 Å². The van der Waals surface area contributed by atoms with Gasteiger partial charge in [-0.2, -0.15) is 5.10 Å². The van der Waals surface area contributed by atoms with E-state index in [2.05, 4.69) is 10.4 Å². The number of hydrogen-bond donors (Lipinski definition) is 1. The van der Waals surface area contributed by atoms with Crippen LogP contribution in [0.5, 0.6) is 0 Å². The molecule has 0 fully saturated rings. The quantitative estimate of drug-likeness (QED) is 0.398. The summed E-state index contributed by atoms with van der Waals surface area (Å²) in [7, 11) is 0. The van der Waals surface area contributed by atoms with Crippen molar-refractivity contribution in [2.75, 3.05) is 11.9 Å². The minimum Gasteiger partial charge on any atom is -0.454 e. The van der Waals surface area contributed by atoms with E-state index in [1.807, 2.05) is 36.4 Å². The Kier molecular flexibility index (Phi) is 5.35. The summed E-state index contributed by atoms with van der Waals surface area (Å²) < 4.78 is 6.17. The lowest BCUT2D eigenvalue weighted by Gasteiger charge is -2.09. The SMILES string of the molecule is Cc1nn(CC(=O)OCC(=O)Nc2cccc3ccccc23)c(C)c1[N+](=O)[O-]. The van der Waals surface area contributed by atoms with Crippen molar-refractivity contribution >= 4 is 34.0 Å². The molecule has 3 rings (SSSR count). The van der Waals surface area contributed by atoms with Crippen molar-refractivity contribution in [3.05, 3.63) is 64.0 Å². The van der Waals surface area contributed by atoms with E-state index < -0.39 is 23.4 Å². The first kappa shape index (κ1) is 19.0. The molecule has 0 spiro atoms. The summed E-state index contributed by atoms with van der Waals surface area (Å²) in [5.41, 5.74) is 0.943. The van der Waals surface area contributed by atoms with Gasteiger partial charge in [0.15, 0.2) is 6.61 Å². The summed E-state index contributed by atoms with van der Waals surface area (Å²) in [6.07, 6.45) is 0. The van der Waals surface area contributed by atoms with E-state index >= 15 is 0 Å². The minimum absolute atomic E-state index is 0.138. The summed E-state index contributed by atoms with van der Waals surface area (Å²) in [4.78, 5) is 34.6. The molecule has 0 radical (unpaired) electrons. The van der Waals surface area contributed by atoms with E-state index in [-0.39, 0.29) is 23.6 Å². The molecule has 9 nitrogen and oxygen atoms in total. The summed E-state index contributed by atoms with van der Waals surface area (Å²) in [5, 5.41) is 19.5. The maximum Gasteiger partial charge on any atom is 0.328 e. The van der Waals surface area contributed by atoms with Crippen LogP contribution in [0.15, 0.2) is 42.5 Å². The lowest BCUT2D eigenvalue weighted by Crippen LogP contribution is -2.23. The average molecular weight is 382 g/mol. The van der Waals surface area contributed by atoms with Crippen molar-refractivity contribution in [3.8, 4) is 0 Å². The molecule has 1 heterocycles. The van der Waals surface area contributed by atoms with Gasteiger partial charge in [-0.1, -0.05) is 36.4 Å². The van der Waals surface area contributed by atoms with Gasteiger partial charge in [0.2, 0.25) is 0 Å². The first-order valence-electron chi connectivity index (χ1n) is 8.48. The fourth-order valence-electron chi connectivity index (χ4n) is 2.94. The Labute approximate surface area is 160 Å². The van der Waals surface area contributed by atoms with Gasteiger partial charge in [-0.15, -0.1) is 0 Å². The topological polar surface area (TPSA) is 116 Å². The fraction of sp³-hybridized carbons (Fsp3) is 0.211. The Morgan fingerprint density at radius 1 is 1.18 bits per heavy atom. The Bertz CT molecular complexity index is 1070. The van der Waals surface area contributed by atoms with Gasteiger partial charge < -0.3 is 10.1 Å². The molecule has 0 unspecified atom stereocenters. The number of aryl methyl sites for hydroxylation is 1. The predicted molar refractivity (Wildman–Crippen MR) is 102 cm³/mol. The Morgan fingerprint density at radius 3 is 2.61 bits per heavy atom. The van der Waals surface area contributed by atoms with E-state index in [1.165, 1.54) is 18.5 Å². The second-order valence-corrected chi connectivity index (χ2v) is 6.17. The molecule has 144 valence electrons. The van der Waals surface area contributed by atoms with Gasteiger partial charge in [0.1, 0.15) is 17.9 Å². The van der Waals surface area contributed by atoms with Crippen LogP contribution in [0.4, 0.5) is 11.4 Å². The zero-order valence-electron chi connectivity index (χ0n) is 15.3. The zero-order valence-corrected chi connectivity index (χ0v) is 15.3. The van der Waals surface area contributed by atoms with Gasteiger partial charge in [0.25, 0.3) is 5.91 Å². The van der Waals surface area contributed by atoms with Crippen molar-refractivity contribution < 1.29 is 19.2 Å². The number of benzene rings is 2. The number of nitrogens with zero attached hydrogens (tertiary/aromatic N) is 3. The summed E-state index contributed by atoms with van der Waals surface area (Å²) in [5.74, 6) is -1.20. The predicted octanol–water partition coefficient (Wildman–Crippen LogP) is 2.74. The molecule has 28 heavy (non-hydrogen) atoms. The molecule has 1 aromatic heterocycles. The molecule has 0 aliphatic carbocycles. The molecule has 9 heteroatoms. The van der Waals surface area contributed by atoms with Crippen molar-refractivity contribution in [3.63, 3.8) is 0 Å². The number of carbonyl (C=O) groups excluding carboxylic acids is 2. The third-order valence-electron chi connectivity index (χ3n) is 4.23. The van der Waals surface area contributed by atoms with Gasteiger partial charge in [-0.05, 0) is 25.3 Å². The van der Waals surface area contributed by atoms with Crippen LogP contribution < -0.4 is 5.32 Å². The Balaban J connectivity index is 1.60. The molecular weight excluding hydrogens is 364 g/mol. The van der Waals surface area contributed by atoms with Gasteiger partial charge in [-0.3, -0.25) is 24.4 Å². The number of anilines is 1. The van der Waals surface area contributed by atoms with Crippen LogP contribution >= 0.6 is 0 Å². The van der Waals surface area contributed by atoms with Gasteiger partial charge >= 0.3 is 11.7 Å². The van der Waals surface area contributed by atoms with E-state index in [4.69, 9.17) is 4.74 Å². The molecule has 0 saturated carbocycles. The molecule has 2 aromatic carbocycles. The van der Waals surface area contributed by atoms with E-state index in [0.717, 1.165) is 10.8 Å².